The van der Waals surface area contributed by atoms with Gasteiger partial charge in [0.05, 0.1) is 11.6 Å². The van der Waals surface area contributed by atoms with E-state index in [0.29, 0.717) is 33.0 Å². The minimum atomic E-state index is -0.130. The summed E-state index contributed by atoms with van der Waals surface area (Å²) >= 11 is 6.43. The fourth-order valence-electron chi connectivity index (χ4n) is 3.76. The van der Waals surface area contributed by atoms with Gasteiger partial charge in [0.15, 0.2) is 11.6 Å². The fraction of sp³-hybridized carbons (Fsp3) is 0.167. The van der Waals surface area contributed by atoms with E-state index in [1.165, 1.54) is 0 Å². The lowest BCUT2D eigenvalue weighted by molar-refractivity contribution is 0.0979. The van der Waals surface area contributed by atoms with Crippen molar-refractivity contribution in [1.82, 2.24) is 0 Å². The third-order valence-electron chi connectivity index (χ3n) is 5.17. The molecule has 3 nitrogen and oxygen atoms in total. The Balaban J connectivity index is 1.81. The maximum atomic E-state index is 13.2. The number of fused-ring (bicyclic) bond motifs is 2. The van der Waals surface area contributed by atoms with Crippen molar-refractivity contribution >= 4 is 28.9 Å². The lowest BCUT2D eigenvalue weighted by Gasteiger charge is -2.28. The molecule has 4 heteroatoms. The van der Waals surface area contributed by atoms with Crippen LogP contribution in [0.15, 0.2) is 66.7 Å². The number of carbonyl (C=O) groups is 2. The van der Waals surface area contributed by atoms with Gasteiger partial charge in [-0.2, -0.15) is 0 Å². The van der Waals surface area contributed by atoms with Crippen molar-refractivity contribution in [2.24, 2.45) is 5.92 Å². The molecule has 1 aliphatic rings. The molecule has 140 valence electrons. The number of halogens is 1. The molecule has 1 unspecified atom stereocenters. The molecular formula is C24H20ClNO2. The van der Waals surface area contributed by atoms with Gasteiger partial charge in [-0.25, -0.2) is 0 Å². The largest absolute Gasteiger partial charge is 0.377 e. The maximum Gasteiger partial charge on any atom is 0.196 e. The molecule has 0 saturated carbocycles. The van der Waals surface area contributed by atoms with E-state index in [-0.39, 0.29) is 23.5 Å². The Morgan fingerprint density at radius 3 is 2.04 bits per heavy atom. The van der Waals surface area contributed by atoms with E-state index in [4.69, 9.17) is 11.6 Å². The van der Waals surface area contributed by atoms with Crippen LogP contribution >= 0.6 is 11.6 Å². The van der Waals surface area contributed by atoms with Crippen molar-refractivity contribution in [3.8, 4) is 0 Å². The van der Waals surface area contributed by atoms with Gasteiger partial charge in [0.2, 0.25) is 0 Å². The van der Waals surface area contributed by atoms with Crippen LogP contribution in [0.25, 0.3) is 0 Å². The topological polar surface area (TPSA) is 46.2 Å². The quantitative estimate of drug-likeness (QED) is 0.471. The van der Waals surface area contributed by atoms with Crippen LogP contribution in [0.2, 0.25) is 5.02 Å². The summed E-state index contributed by atoms with van der Waals surface area (Å²) in [6.07, 6.45) is 0. The minimum absolute atomic E-state index is 0.0970. The molecule has 0 spiro atoms. The average molecular weight is 390 g/mol. The van der Waals surface area contributed by atoms with Crippen LogP contribution in [0.1, 0.15) is 57.3 Å². The number of rotatable bonds is 4. The molecule has 0 aliphatic heterocycles. The monoisotopic (exact) mass is 389 g/mol. The zero-order valence-corrected chi connectivity index (χ0v) is 16.5. The van der Waals surface area contributed by atoms with Crippen LogP contribution in [-0.2, 0) is 0 Å². The van der Waals surface area contributed by atoms with E-state index in [2.05, 4.69) is 19.2 Å². The predicted octanol–water partition coefficient (Wildman–Crippen LogP) is 5.92. The zero-order valence-electron chi connectivity index (χ0n) is 15.7. The van der Waals surface area contributed by atoms with E-state index >= 15 is 0 Å². The molecule has 28 heavy (non-hydrogen) atoms. The van der Waals surface area contributed by atoms with E-state index in [0.717, 1.165) is 5.56 Å². The van der Waals surface area contributed by atoms with Crippen LogP contribution in [0.3, 0.4) is 0 Å². The van der Waals surface area contributed by atoms with Gasteiger partial charge in [0.25, 0.3) is 0 Å². The summed E-state index contributed by atoms with van der Waals surface area (Å²) in [4.78, 5) is 26.2. The summed E-state index contributed by atoms with van der Waals surface area (Å²) in [5.74, 6) is -0.0277. The summed E-state index contributed by atoms with van der Waals surface area (Å²) in [5, 5.41) is 4.16. The summed E-state index contributed by atoms with van der Waals surface area (Å²) in [7, 11) is 0. The Labute approximate surface area is 169 Å². The highest BCUT2D eigenvalue weighted by Crippen LogP contribution is 2.36. The standard InChI is InChI=1S/C24H20ClNO2/c1-14(2)22(17-10-5-6-12-19(17)25)26-20-13-7-11-18-21(20)24(28)16-9-4-3-8-15(16)23(18)27/h3-14,22,26H,1-2H3. The van der Waals surface area contributed by atoms with Crippen molar-refractivity contribution in [3.05, 3.63) is 99.6 Å². The normalized spacial score (nSPS) is 13.9. The predicted molar refractivity (Wildman–Crippen MR) is 112 cm³/mol. The highest BCUT2D eigenvalue weighted by molar-refractivity contribution is 6.31. The highest BCUT2D eigenvalue weighted by Gasteiger charge is 2.32. The first-order valence-electron chi connectivity index (χ1n) is 9.31. The number of nitrogens with one attached hydrogen (secondary N) is 1. The summed E-state index contributed by atoms with van der Waals surface area (Å²) in [6, 6.07) is 20.0. The molecule has 3 aromatic rings. The second-order valence-electron chi connectivity index (χ2n) is 7.32. The molecule has 0 aromatic heterocycles. The van der Waals surface area contributed by atoms with E-state index in [1.54, 1.807) is 30.3 Å². The zero-order chi connectivity index (χ0) is 19.8. The molecule has 0 radical (unpaired) electrons. The Kier molecular flexibility index (Phi) is 4.78. The molecule has 0 amide bonds. The molecule has 1 aliphatic carbocycles. The maximum absolute atomic E-state index is 13.2. The lowest BCUT2D eigenvalue weighted by Crippen LogP contribution is -2.24. The van der Waals surface area contributed by atoms with Crippen molar-refractivity contribution in [3.63, 3.8) is 0 Å². The van der Waals surface area contributed by atoms with E-state index in [9.17, 15) is 9.59 Å². The average Bonchev–Trinajstić information content (AvgIpc) is 2.70. The van der Waals surface area contributed by atoms with Gasteiger partial charge in [-0.3, -0.25) is 9.59 Å². The molecule has 1 N–H and O–H groups in total. The lowest BCUT2D eigenvalue weighted by atomic mass is 9.83. The second-order valence-corrected chi connectivity index (χ2v) is 7.73. The highest BCUT2D eigenvalue weighted by atomic mass is 35.5. The molecule has 0 bridgehead atoms. The number of benzene rings is 3. The molecule has 0 heterocycles. The summed E-state index contributed by atoms with van der Waals surface area (Å²) < 4.78 is 0. The van der Waals surface area contributed by atoms with Crippen LogP contribution < -0.4 is 5.32 Å². The van der Waals surface area contributed by atoms with Crippen molar-refractivity contribution in [2.75, 3.05) is 5.32 Å². The van der Waals surface area contributed by atoms with Crippen LogP contribution in [-0.4, -0.2) is 11.6 Å². The smallest absolute Gasteiger partial charge is 0.196 e. The Morgan fingerprint density at radius 1 is 0.750 bits per heavy atom. The fourth-order valence-corrected chi connectivity index (χ4v) is 4.02. The molecule has 1 atom stereocenters. The van der Waals surface area contributed by atoms with Gasteiger partial charge in [-0.15, -0.1) is 0 Å². The molecular weight excluding hydrogens is 370 g/mol. The van der Waals surface area contributed by atoms with Crippen LogP contribution in [0, 0.1) is 5.92 Å². The first-order chi connectivity index (χ1) is 13.5. The Hall–Kier alpha value is -2.91. The van der Waals surface area contributed by atoms with Crippen molar-refractivity contribution < 1.29 is 9.59 Å². The third kappa shape index (κ3) is 3.02. The summed E-state index contributed by atoms with van der Waals surface area (Å²) in [6.45, 7) is 4.19. The summed E-state index contributed by atoms with van der Waals surface area (Å²) in [5.41, 5.74) is 3.41. The Morgan fingerprint density at radius 2 is 1.36 bits per heavy atom. The number of carbonyl (C=O) groups excluding carboxylic acids is 2. The first-order valence-corrected chi connectivity index (χ1v) is 9.69. The molecule has 0 fully saturated rings. The van der Waals surface area contributed by atoms with Crippen molar-refractivity contribution in [2.45, 2.75) is 19.9 Å². The molecule has 4 rings (SSSR count). The minimum Gasteiger partial charge on any atom is -0.377 e. The van der Waals surface area contributed by atoms with Crippen molar-refractivity contribution in [1.29, 1.82) is 0 Å². The van der Waals surface area contributed by atoms with Gasteiger partial charge >= 0.3 is 0 Å². The van der Waals surface area contributed by atoms with Gasteiger partial charge in [-0.05, 0) is 23.6 Å². The first kappa shape index (κ1) is 18.5. The van der Waals surface area contributed by atoms with E-state index in [1.807, 2.05) is 36.4 Å². The van der Waals surface area contributed by atoms with Crippen LogP contribution in [0.5, 0.6) is 0 Å². The van der Waals surface area contributed by atoms with Gasteiger partial charge in [0, 0.05) is 27.4 Å². The molecule has 0 saturated heterocycles. The third-order valence-corrected chi connectivity index (χ3v) is 5.51. The molecule has 3 aromatic carbocycles. The van der Waals surface area contributed by atoms with Crippen LogP contribution in [0.4, 0.5) is 5.69 Å². The number of anilines is 1. The number of hydrogen-bond donors (Lipinski definition) is 1. The SMILES string of the molecule is CC(C)C(Nc1cccc2c1C(=O)c1ccccc1C2=O)c1ccccc1Cl. The number of ketones is 2. The van der Waals surface area contributed by atoms with Gasteiger partial charge in [0.1, 0.15) is 0 Å². The van der Waals surface area contributed by atoms with Gasteiger partial charge < -0.3 is 5.32 Å². The number of hydrogen-bond acceptors (Lipinski definition) is 3. The van der Waals surface area contributed by atoms with Gasteiger partial charge in [-0.1, -0.05) is 80.0 Å². The van der Waals surface area contributed by atoms with E-state index < -0.39 is 0 Å². The Bertz CT molecular complexity index is 1090. The second kappa shape index (κ2) is 7.25.